The van der Waals surface area contributed by atoms with Crippen LogP contribution in [0.1, 0.15) is 32.8 Å². The summed E-state index contributed by atoms with van der Waals surface area (Å²) in [6.45, 7) is 8.36. The minimum absolute atomic E-state index is 0.118. The van der Waals surface area contributed by atoms with Crippen LogP contribution in [0, 0.1) is 0 Å². The average Bonchev–Trinajstić information content (AvgIpc) is 2.36. The van der Waals surface area contributed by atoms with E-state index in [9.17, 15) is 0 Å². The number of hydrogen-bond donors (Lipinski definition) is 1. The first-order valence-electron chi connectivity index (χ1n) is 6.39. The molecule has 4 heteroatoms. The highest BCUT2D eigenvalue weighted by Crippen LogP contribution is 2.13. The van der Waals surface area contributed by atoms with Gasteiger partial charge in [-0.25, -0.2) is 4.98 Å². The second-order valence-electron chi connectivity index (χ2n) is 4.85. The number of hydrogen-bond acceptors (Lipinski definition) is 4. The molecule has 4 nitrogen and oxygen atoms in total. The van der Waals surface area contributed by atoms with Crippen LogP contribution < -0.4 is 5.32 Å². The lowest BCUT2D eigenvalue weighted by molar-refractivity contribution is -0.0124. The van der Waals surface area contributed by atoms with Crippen LogP contribution in [-0.2, 0) is 16.1 Å². The minimum atomic E-state index is -0.118. The molecule has 1 aromatic heterocycles. The Hall–Kier alpha value is -1.13. The average molecular weight is 252 g/mol. The van der Waals surface area contributed by atoms with Crippen LogP contribution in [0.3, 0.4) is 0 Å². The number of aromatic nitrogens is 1. The Balaban J connectivity index is 2.33. The van der Waals surface area contributed by atoms with E-state index < -0.39 is 0 Å². The molecule has 1 aromatic rings. The highest BCUT2D eigenvalue weighted by atomic mass is 16.5. The van der Waals surface area contributed by atoms with Gasteiger partial charge in [-0.1, -0.05) is 0 Å². The number of pyridine rings is 1. The van der Waals surface area contributed by atoms with Crippen molar-refractivity contribution in [2.45, 2.75) is 39.4 Å². The van der Waals surface area contributed by atoms with Gasteiger partial charge in [-0.2, -0.15) is 0 Å². The molecule has 0 saturated carbocycles. The maximum Gasteiger partial charge on any atom is 0.126 e. The Labute approximate surface area is 110 Å². The Kier molecular flexibility index (Phi) is 6.09. The quantitative estimate of drug-likeness (QED) is 0.722. The van der Waals surface area contributed by atoms with Crippen molar-refractivity contribution in [2.75, 3.05) is 25.6 Å². The van der Waals surface area contributed by atoms with Gasteiger partial charge in [-0.05, 0) is 44.9 Å². The van der Waals surface area contributed by atoms with E-state index in [1.807, 2.05) is 12.1 Å². The monoisotopic (exact) mass is 252 g/mol. The summed E-state index contributed by atoms with van der Waals surface area (Å²) >= 11 is 0. The second-order valence-corrected chi connectivity index (χ2v) is 4.85. The first-order valence-corrected chi connectivity index (χ1v) is 6.39. The topological polar surface area (TPSA) is 43.4 Å². The molecule has 0 atom stereocenters. The van der Waals surface area contributed by atoms with Gasteiger partial charge in [-0.3, -0.25) is 0 Å². The lowest BCUT2D eigenvalue weighted by Gasteiger charge is -2.22. The van der Waals surface area contributed by atoms with Crippen molar-refractivity contribution in [3.8, 4) is 0 Å². The van der Waals surface area contributed by atoms with Crippen LogP contribution in [0.5, 0.6) is 0 Å². The molecular weight excluding hydrogens is 228 g/mol. The molecule has 0 bridgehead atoms. The predicted molar refractivity (Wildman–Crippen MR) is 73.8 cm³/mol. The molecule has 1 heterocycles. The van der Waals surface area contributed by atoms with Crippen LogP contribution in [0.4, 0.5) is 5.82 Å². The van der Waals surface area contributed by atoms with Gasteiger partial charge in [0.1, 0.15) is 5.82 Å². The summed E-state index contributed by atoms with van der Waals surface area (Å²) in [4.78, 5) is 4.22. The maximum absolute atomic E-state index is 5.65. The minimum Gasteiger partial charge on any atom is -0.379 e. The number of methoxy groups -OCH3 is 1. The number of nitrogens with one attached hydrogen (secondary N) is 1. The lowest BCUT2D eigenvalue weighted by atomic mass is 10.1. The zero-order valence-electron chi connectivity index (χ0n) is 11.8. The van der Waals surface area contributed by atoms with Crippen molar-refractivity contribution in [3.05, 3.63) is 23.9 Å². The molecule has 0 radical (unpaired) electrons. The van der Waals surface area contributed by atoms with Gasteiger partial charge in [0.15, 0.2) is 0 Å². The van der Waals surface area contributed by atoms with Crippen LogP contribution in [-0.4, -0.2) is 30.8 Å². The van der Waals surface area contributed by atoms with Crippen molar-refractivity contribution < 1.29 is 9.47 Å². The maximum atomic E-state index is 5.65. The van der Waals surface area contributed by atoms with Crippen LogP contribution in [0.2, 0.25) is 0 Å². The summed E-state index contributed by atoms with van der Waals surface area (Å²) in [6, 6.07) is 3.99. The molecule has 0 aliphatic carbocycles. The molecule has 0 amide bonds. The summed E-state index contributed by atoms with van der Waals surface area (Å²) in [5.41, 5.74) is 1.02. The van der Waals surface area contributed by atoms with Crippen LogP contribution >= 0.6 is 0 Å². The Morgan fingerprint density at radius 3 is 2.83 bits per heavy atom. The van der Waals surface area contributed by atoms with Gasteiger partial charge >= 0.3 is 0 Å². The third-order valence-electron chi connectivity index (χ3n) is 2.85. The first kappa shape index (κ1) is 14.9. The summed E-state index contributed by atoms with van der Waals surface area (Å²) < 4.78 is 11.0. The fourth-order valence-corrected chi connectivity index (χ4v) is 1.45. The van der Waals surface area contributed by atoms with Crippen molar-refractivity contribution >= 4 is 5.82 Å². The second kappa shape index (κ2) is 7.34. The molecule has 1 rings (SSSR count). The van der Waals surface area contributed by atoms with E-state index in [4.69, 9.17) is 9.47 Å². The Morgan fingerprint density at radius 1 is 1.39 bits per heavy atom. The van der Waals surface area contributed by atoms with Crippen LogP contribution in [0.25, 0.3) is 0 Å². The van der Waals surface area contributed by atoms with Crippen LogP contribution in [0.15, 0.2) is 18.3 Å². The molecule has 1 N–H and O–H groups in total. The third kappa shape index (κ3) is 5.47. The summed E-state index contributed by atoms with van der Waals surface area (Å²) in [6.07, 6.45) is 2.68. The molecule has 0 aliphatic heterocycles. The van der Waals surface area contributed by atoms with E-state index in [0.29, 0.717) is 13.2 Å². The molecule has 0 unspecified atom stereocenters. The molecule has 0 saturated heterocycles. The van der Waals surface area contributed by atoms with Gasteiger partial charge < -0.3 is 14.8 Å². The molecule has 0 fully saturated rings. The van der Waals surface area contributed by atoms with Gasteiger partial charge in [0, 0.05) is 26.5 Å². The van der Waals surface area contributed by atoms with E-state index in [2.05, 4.69) is 31.1 Å². The van der Waals surface area contributed by atoms with E-state index in [0.717, 1.165) is 24.3 Å². The predicted octanol–water partition coefficient (Wildman–Crippen LogP) is 2.85. The number of nitrogens with zero attached hydrogens (tertiary/aromatic N) is 1. The summed E-state index contributed by atoms with van der Waals surface area (Å²) in [7, 11) is 1.73. The highest BCUT2D eigenvalue weighted by Gasteiger charge is 2.15. The van der Waals surface area contributed by atoms with Gasteiger partial charge in [0.05, 0.1) is 12.2 Å². The number of ether oxygens (including phenoxy) is 2. The molecule has 0 aliphatic rings. The Morgan fingerprint density at radius 2 is 2.17 bits per heavy atom. The third-order valence-corrected chi connectivity index (χ3v) is 2.85. The van der Waals surface area contributed by atoms with Gasteiger partial charge in [-0.15, -0.1) is 0 Å². The van der Waals surface area contributed by atoms with Gasteiger partial charge in [0.2, 0.25) is 0 Å². The highest BCUT2D eigenvalue weighted by molar-refractivity contribution is 5.36. The van der Waals surface area contributed by atoms with Crippen molar-refractivity contribution in [3.63, 3.8) is 0 Å². The van der Waals surface area contributed by atoms with Gasteiger partial charge in [0.25, 0.3) is 0 Å². The standard InChI is InChI=1S/C14H24N2O2/c1-5-15-13-10-12(6-8-16-13)11-18-9-7-14(2,3)17-4/h6,8,10H,5,7,9,11H2,1-4H3,(H,15,16). The fraction of sp³-hybridized carbons (Fsp3) is 0.643. The largest absolute Gasteiger partial charge is 0.379 e. The normalized spacial score (nSPS) is 11.6. The van der Waals surface area contributed by atoms with E-state index in [1.54, 1.807) is 13.3 Å². The first-order chi connectivity index (χ1) is 8.57. The Bertz CT molecular complexity index is 353. The smallest absolute Gasteiger partial charge is 0.126 e. The molecular formula is C14H24N2O2. The fourth-order valence-electron chi connectivity index (χ4n) is 1.45. The van der Waals surface area contributed by atoms with Crippen molar-refractivity contribution in [2.24, 2.45) is 0 Å². The number of anilines is 1. The van der Waals surface area contributed by atoms with E-state index in [-0.39, 0.29) is 5.60 Å². The van der Waals surface area contributed by atoms with Crippen molar-refractivity contribution in [1.82, 2.24) is 4.98 Å². The zero-order valence-corrected chi connectivity index (χ0v) is 11.8. The molecule has 102 valence electrons. The molecule has 0 aromatic carbocycles. The van der Waals surface area contributed by atoms with E-state index >= 15 is 0 Å². The summed E-state index contributed by atoms with van der Waals surface area (Å²) in [5, 5.41) is 3.19. The van der Waals surface area contributed by atoms with E-state index in [1.165, 1.54) is 0 Å². The lowest BCUT2D eigenvalue weighted by Crippen LogP contribution is -2.24. The van der Waals surface area contributed by atoms with Crippen molar-refractivity contribution in [1.29, 1.82) is 0 Å². The zero-order chi connectivity index (χ0) is 13.4. The summed E-state index contributed by atoms with van der Waals surface area (Å²) in [5.74, 6) is 0.899. The molecule has 18 heavy (non-hydrogen) atoms. The number of rotatable bonds is 8. The molecule has 0 spiro atoms. The SMILES string of the molecule is CCNc1cc(COCCC(C)(C)OC)ccn1.